The Kier molecular flexibility index (Phi) is 3.16. The molecule has 0 radical (unpaired) electrons. The molecule has 1 atom stereocenters. The lowest BCUT2D eigenvalue weighted by atomic mass is 10.1. The molecule has 0 heterocycles. The Balaban J connectivity index is 3.38. The summed E-state index contributed by atoms with van der Waals surface area (Å²) in [5, 5.41) is 17.8. The Morgan fingerprint density at radius 3 is 2.27 bits per heavy atom. The van der Waals surface area contributed by atoms with Crippen LogP contribution in [0.25, 0.3) is 0 Å². The lowest BCUT2D eigenvalue weighted by molar-refractivity contribution is -0.138. The minimum absolute atomic E-state index is 0.00475. The smallest absolute Gasteiger partial charge is 0.420 e. The number of hydrogen-bond donors (Lipinski definition) is 2. The van der Waals surface area contributed by atoms with Gasteiger partial charge in [-0.3, -0.25) is 0 Å². The van der Waals surface area contributed by atoms with Crippen LogP contribution in [0, 0.1) is 0 Å². The fraction of sp³-hybridized carbons (Fsp3) is 0.333. The fourth-order valence-corrected chi connectivity index (χ4v) is 1.31. The first-order valence-corrected chi connectivity index (χ1v) is 4.39. The summed E-state index contributed by atoms with van der Waals surface area (Å²) in [6, 6.07) is 1.77. The molecule has 0 saturated carbocycles. The van der Waals surface area contributed by atoms with Gasteiger partial charge in [-0.05, 0) is 24.6 Å². The number of aliphatic hydroxyl groups is 1. The Labute approximate surface area is 88.9 Å². The van der Waals surface area contributed by atoms with Crippen molar-refractivity contribution < 1.29 is 23.4 Å². The van der Waals surface area contributed by atoms with Gasteiger partial charge in [-0.15, -0.1) is 0 Å². The number of rotatable bonds is 1. The molecular formula is C9H8ClF3O2. The monoisotopic (exact) mass is 240 g/mol. The molecule has 0 aromatic heterocycles. The van der Waals surface area contributed by atoms with Crippen LogP contribution in [0.4, 0.5) is 13.2 Å². The molecule has 15 heavy (non-hydrogen) atoms. The minimum atomic E-state index is -4.70. The van der Waals surface area contributed by atoms with Gasteiger partial charge in [0.25, 0.3) is 0 Å². The van der Waals surface area contributed by atoms with E-state index in [0.29, 0.717) is 6.07 Å². The van der Waals surface area contributed by atoms with E-state index in [-0.39, 0.29) is 5.56 Å². The van der Waals surface area contributed by atoms with Crippen molar-refractivity contribution in [1.29, 1.82) is 0 Å². The number of alkyl halides is 3. The van der Waals surface area contributed by atoms with Gasteiger partial charge in [-0.2, -0.15) is 13.2 Å². The molecule has 0 aliphatic carbocycles. The van der Waals surface area contributed by atoms with E-state index < -0.39 is 28.6 Å². The zero-order chi connectivity index (χ0) is 11.8. The van der Waals surface area contributed by atoms with Gasteiger partial charge < -0.3 is 10.2 Å². The van der Waals surface area contributed by atoms with E-state index in [9.17, 15) is 13.2 Å². The highest BCUT2D eigenvalue weighted by Gasteiger charge is 2.35. The SMILES string of the molecule is CC(O)c1cc(Cl)c(O)c(C(F)(F)F)c1. The lowest BCUT2D eigenvalue weighted by Crippen LogP contribution is -2.07. The summed E-state index contributed by atoms with van der Waals surface area (Å²) in [5.41, 5.74) is -1.24. The Hall–Kier alpha value is -0.940. The number of phenolic OH excluding ortho intramolecular Hbond substituents is 1. The van der Waals surface area contributed by atoms with Gasteiger partial charge in [0.1, 0.15) is 5.75 Å². The average molecular weight is 241 g/mol. The van der Waals surface area contributed by atoms with E-state index in [4.69, 9.17) is 21.8 Å². The molecule has 1 unspecified atom stereocenters. The molecule has 2 nitrogen and oxygen atoms in total. The van der Waals surface area contributed by atoms with Crippen molar-refractivity contribution in [1.82, 2.24) is 0 Å². The lowest BCUT2D eigenvalue weighted by Gasteiger charge is -2.13. The molecule has 0 fully saturated rings. The second-order valence-electron chi connectivity index (χ2n) is 3.07. The second-order valence-corrected chi connectivity index (χ2v) is 3.48. The van der Waals surface area contributed by atoms with Crippen LogP contribution in [0.2, 0.25) is 5.02 Å². The number of halogens is 4. The maximum atomic E-state index is 12.4. The van der Waals surface area contributed by atoms with Crippen molar-refractivity contribution in [2.45, 2.75) is 19.2 Å². The molecule has 0 bridgehead atoms. The van der Waals surface area contributed by atoms with E-state index >= 15 is 0 Å². The van der Waals surface area contributed by atoms with E-state index in [2.05, 4.69) is 0 Å². The van der Waals surface area contributed by atoms with Gasteiger partial charge in [0.2, 0.25) is 0 Å². The third kappa shape index (κ3) is 2.54. The van der Waals surface area contributed by atoms with Gasteiger partial charge in [-0.1, -0.05) is 11.6 Å². The van der Waals surface area contributed by atoms with Gasteiger partial charge in [-0.25, -0.2) is 0 Å². The van der Waals surface area contributed by atoms with E-state index in [1.54, 1.807) is 0 Å². The molecule has 0 saturated heterocycles. The molecule has 1 rings (SSSR count). The van der Waals surface area contributed by atoms with Crippen LogP contribution in [0.15, 0.2) is 12.1 Å². The normalized spacial score (nSPS) is 14.0. The Bertz CT molecular complexity index is 374. The molecular weight excluding hydrogens is 233 g/mol. The highest BCUT2D eigenvalue weighted by Crippen LogP contribution is 2.41. The second kappa shape index (κ2) is 3.90. The van der Waals surface area contributed by atoms with Crippen LogP contribution < -0.4 is 0 Å². The van der Waals surface area contributed by atoms with Crippen molar-refractivity contribution in [2.24, 2.45) is 0 Å². The summed E-state index contributed by atoms with van der Waals surface area (Å²) in [7, 11) is 0. The van der Waals surface area contributed by atoms with Crippen LogP contribution in [-0.4, -0.2) is 10.2 Å². The topological polar surface area (TPSA) is 40.5 Å². The molecule has 0 aliphatic rings. The van der Waals surface area contributed by atoms with Crippen molar-refractivity contribution in [3.05, 3.63) is 28.3 Å². The molecule has 84 valence electrons. The zero-order valence-corrected chi connectivity index (χ0v) is 8.39. The Morgan fingerprint density at radius 1 is 1.33 bits per heavy atom. The molecule has 2 N–H and O–H groups in total. The van der Waals surface area contributed by atoms with Gasteiger partial charge in [0, 0.05) is 0 Å². The van der Waals surface area contributed by atoms with Gasteiger partial charge >= 0.3 is 6.18 Å². The van der Waals surface area contributed by atoms with Crippen LogP contribution in [0.3, 0.4) is 0 Å². The first-order chi connectivity index (χ1) is 6.73. The third-order valence-electron chi connectivity index (χ3n) is 1.87. The van der Waals surface area contributed by atoms with Crippen LogP contribution in [0.1, 0.15) is 24.2 Å². The first kappa shape index (κ1) is 12.1. The predicted molar refractivity (Wildman–Crippen MR) is 48.8 cm³/mol. The largest absolute Gasteiger partial charge is 0.506 e. The summed E-state index contributed by atoms with van der Waals surface area (Å²) in [5.74, 6) is -1.02. The molecule has 0 aliphatic heterocycles. The fourth-order valence-electron chi connectivity index (χ4n) is 1.08. The highest BCUT2D eigenvalue weighted by atomic mass is 35.5. The van der Waals surface area contributed by atoms with E-state index in [1.807, 2.05) is 0 Å². The van der Waals surface area contributed by atoms with Crippen molar-refractivity contribution in [2.75, 3.05) is 0 Å². The number of phenols is 1. The number of benzene rings is 1. The quantitative estimate of drug-likeness (QED) is 0.792. The number of hydrogen-bond acceptors (Lipinski definition) is 2. The highest BCUT2D eigenvalue weighted by molar-refractivity contribution is 6.32. The van der Waals surface area contributed by atoms with Crippen LogP contribution >= 0.6 is 11.6 Å². The Morgan fingerprint density at radius 2 is 1.87 bits per heavy atom. The summed E-state index contributed by atoms with van der Waals surface area (Å²) in [4.78, 5) is 0. The van der Waals surface area contributed by atoms with Crippen LogP contribution in [-0.2, 0) is 6.18 Å². The van der Waals surface area contributed by atoms with Gasteiger partial charge in [0.15, 0.2) is 0 Å². The van der Waals surface area contributed by atoms with Crippen molar-refractivity contribution >= 4 is 11.6 Å². The molecule has 0 amide bonds. The van der Waals surface area contributed by atoms with E-state index in [0.717, 1.165) is 6.07 Å². The average Bonchev–Trinajstić information content (AvgIpc) is 2.06. The van der Waals surface area contributed by atoms with Crippen molar-refractivity contribution in [3.63, 3.8) is 0 Å². The minimum Gasteiger partial charge on any atom is -0.506 e. The van der Waals surface area contributed by atoms with E-state index in [1.165, 1.54) is 6.92 Å². The summed E-state index contributed by atoms with van der Waals surface area (Å²) < 4.78 is 37.1. The summed E-state index contributed by atoms with van der Waals surface area (Å²) in [6.45, 7) is 1.31. The maximum Gasteiger partial charge on any atom is 0.420 e. The summed E-state index contributed by atoms with van der Waals surface area (Å²) >= 11 is 5.41. The summed E-state index contributed by atoms with van der Waals surface area (Å²) in [6.07, 6.45) is -5.78. The third-order valence-corrected chi connectivity index (χ3v) is 2.16. The van der Waals surface area contributed by atoms with Crippen LogP contribution in [0.5, 0.6) is 5.75 Å². The number of aromatic hydroxyl groups is 1. The first-order valence-electron chi connectivity index (χ1n) is 4.01. The standard InChI is InChI=1S/C9H8ClF3O2/c1-4(14)5-2-6(9(11,12)13)8(15)7(10)3-5/h2-4,14-15H,1H3. The zero-order valence-electron chi connectivity index (χ0n) is 7.64. The molecule has 1 aromatic carbocycles. The molecule has 1 aromatic rings. The molecule has 6 heteroatoms. The maximum absolute atomic E-state index is 12.4. The predicted octanol–water partition coefficient (Wildman–Crippen LogP) is 3.12. The van der Waals surface area contributed by atoms with Gasteiger partial charge in [0.05, 0.1) is 16.7 Å². The molecule has 0 spiro atoms. The number of aliphatic hydroxyl groups excluding tert-OH is 1. The van der Waals surface area contributed by atoms with Crippen molar-refractivity contribution in [3.8, 4) is 5.75 Å².